The van der Waals surface area contributed by atoms with Gasteiger partial charge < -0.3 is 0 Å². The van der Waals surface area contributed by atoms with E-state index in [4.69, 9.17) is 34.8 Å². The van der Waals surface area contributed by atoms with Crippen molar-refractivity contribution >= 4 is 57.8 Å². The van der Waals surface area contributed by atoms with Crippen molar-refractivity contribution in [2.45, 2.75) is 13.5 Å². The van der Waals surface area contributed by atoms with Gasteiger partial charge in [0.15, 0.2) is 5.69 Å². The van der Waals surface area contributed by atoms with Gasteiger partial charge in [0, 0.05) is 27.2 Å². The van der Waals surface area contributed by atoms with Gasteiger partial charge in [-0.15, -0.1) is 0 Å². The third-order valence-corrected chi connectivity index (χ3v) is 5.43. The van der Waals surface area contributed by atoms with E-state index >= 15 is 0 Å². The molecule has 9 heteroatoms. The lowest BCUT2D eigenvalue weighted by atomic mass is 10.1. The molecule has 2 aromatic carbocycles. The maximum absolute atomic E-state index is 12.4. The van der Waals surface area contributed by atoms with Crippen LogP contribution in [-0.2, 0) is 6.54 Å². The van der Waals surface area contributed by atoms with Gasteiger partial charge >= 0.3 is 0 Å². The minimum absolute atomic E-state index is 0.223. The standard InChI is InChI=1S/C22H16Cl3N5O/c1-13-2-3-14-9-16(21(25)27-20(14)8-13)11-26-28-22(31)19-6-7-30(29-19)12-15-4-5-17(23)10-18(15)24/h2-11H,12H2,1H3,(H,28,31). The Morgan fingerprint density at radius 3 is 2.77 bits per heavy atom. The lowest BCUT2D eigenvalue weighted by Gasteiger charge is -2.05. The predicted octanol–water partition coefficient (Wildman–Crippen LogP) is 5.51. The molecule has 1 N–H and O–H groups in total. The molecule has 0 fully saturated rings. The number of pyridine rings is 1. The highest BCUT2D eigenvalue weighted by Gasteiger charge is 2.10. The van der Waals surface area contributed by atoms with Crippen molar-refractivity contribution < 1.29 is 4.79 Å². The molecule has 2 aromatic heterocycles. The maximum atomic E-state index is 12.4. The SMILES string of the molecule is Cc1ccc2cc(C=NNC(=O)c3ccn(Cc4ccc(Cl)cc4Cl)n3)c(Cl)nc2c1. The summed E-state index contributed by atoms with van der Waals surface area (Å²) in [5, 5.41) is 10.6. The molecule has 4 rings (SSSR count). The Labute approximate surface area is 193 Å². The van der Waals surface area contributed by atoms with Crippen LogP contribution in [0.1, 0.15) is 27.2 Å². The highest BCUT2D eigenvalue weighted by molar-refractivity contribution is 6.35. The number of halogens is 3. The van der Waals surface area contributed by atoms with Crippen molar-refractivity contribution in [1.82, 2.24) is 20.2 Å². The summed E-state index contributed by atoms with van der Waals surface area (Å²) in [5.74, 6) is -0.447. The highest BCUT2D eigenvalue weighted by atomic mass is 35.5. The van der Waals surface area contributed by atoms with Crippen molar-refractivity contribution in [3.05, 3.63) is 92.3 Å². The number of carbonyl (C=O) groups is 1. The Balaban J connectivity index is 1.43. The molecule has 2 heterocycles. The Bertz CT molecular complexity index is 1320. The van der Waals surface area contributed by atoms with Gasteiger partial charge in [-0.1, -0.05) is 53.0 Å². The summed E-state index contributed by atoms with van der Waals surface area (Å²) < 4.78 is 1.61. The molecule has 0 spiro atoms. The summed E-state index contributed by atoms with van der Waals surface area (Å²) in [6, 6.07) is 14.6. The monoisotopic (exact) mass is 471 g/mol. The number of hydrogen-bond donors (Lipinski definition) is 1. The van der Waals surface area contributed by atoms with Crippen LogP contribution in [0.3, 0.4) is 0 Å². The van der Waals surface area contributed by atoms with E-state index in [-0.39, 0.29) is 5.69 Å². The van der Waals surface area contributed by atoms with E-state index in [0.29, 0.717) is 27.3 Å². The Kier molecular flexibility index (Phi) is 6.23. The van der Waals surface area contributed by atoms with Crippen LogP contribution in [-0.4, -0.2) is 26.9 Å². The molecule has 31 heavy (non-hydrogen) atoms. The molecule has 0 saturated heterocycles. The first-order valence-corrected chi connectivity index (χ1v) is 10.4. The number of hydrogen-bond acceptors (Lipinski definition) is 4. The summed E-state index contributed by atoms with van der Waals surface area (Å²) in [6.07, 6.45) is 3.15. The molecule has 0 radical (unpaired) electrons. The second-order valence-electron chi connectivity index (χ2n) is 6.90. The third-order valence-electron chi connectivity index (χ3n) is 4.54. The van der Waals surface area contributed by atoms with E-state index < -0.39 is 5.91 Å². The first-order chi connectivity index (χ1) is 14.9. The summed E-state index contributed by atoms with van der Waals surface area (Å²) >= 11 is 18.4. The quantitative estimate of drug-likeness (QED) is 0.236. The van der Waals surface area contributed by atoms with Crippen LogP contribution in [0.5, 0.6) is 0 Å². The lowest BCUT2D eigenvalue weighted by Crippen LogP contribution is -2.18. The van der Waals surface area contributed by atoms with Gasteiger partial charge in [0.1, 0.15) is 5.15 Å². The summed E-state index contributed by atoms with van der Waals surface area (Å²) in [4.78, 5) is 16.7. The molecule has 6 nitrogen and oxygen atoms in total. The van der Waals surface area contributed by atoms with Crippen molar-refractivity contribution in [2.24, 2.45) is 5.10 Å². The first kappa shape index (κ1) is 21.3. The molecule has 156 valence electrons. The molecule has 4 aromatic rings. The van der Waals surface area contributed by atoms with E-state index in [1.807, 2.05) is 37.3 Å². The van der Waals surface area contributed by atoms with Crippen molar-refractivity contribution in [2.75, 3.05) is 0 Å². The van der Waals surface area contributed by atoms with Crippen LogP contribution in [0.2, 0.25) is 15.2 Å². The zero-order valence-electron chi connectivity index (χ0n) is 16.3. The summed E-state index contributed by atoms with van der Waals surface area (Å²) in [7, 11) is 0. The zero-order chi connectivity index (χ0) is 22.0. The number of benzene rings is 2. The van der Waals surface area contributed by atoms with Crippen LogP contribution in [0.15, 0.2) is 59.8 Å². The predicted molar refractivity (Wildman–Crippen MR) is 124 cm³/mol. The van der Waals surface area contributed by atoms with Crippen LogP contribution in [0.4, 0.5) is 0 Å². The van der Waals surface area contributed by atoms with Crippen LogP contribution < -0.4 is 5.43 Å². The molecule has 0 unspecified atom stereocenters. The Morgan fingerprint density at radius 2 is 1.97 bits per heavy atom. The van der Waals surface area contributed by atoms with Gasteiger partial charge in [-0.25, -0.2) is 10.4 Å². The number of nitrogens with one attached hydrogen (secondary N) is 1. The fraction of sp³-hybridized carbons (Fsp3) is 0.0909. The van der Waals surface area contributed by atoms with Crippen LogP contribution in [0.25, 0.3) is 10.9 Å². The molecule has 0 aliphatic carbocycles. The molecule has 0 saturated carbocycles. The third kappa shape index (κ3) is 5.05. The zero-order valence-corrected chi connectivity index (χ0v) is 18.6. The molecule has 0 aliphatic rings. The van der Waals surface area contributed by atoms with Crippen LogP contribution in [0, 0.1) is 6.92 Å². The van der Waals surface area contributed by atoms with Crippen molar-refractivity contribution in [3.8, 4) is 0 Å². The Hall–Kier alpha value is -2.93. The fourth-order valence-electron chi connectivity index (χ4n) is 2.97. The van der Waals surface area contributed by atoms with Gasteiger partial charge in [-0.2, -0.15) is 10.2 Å². The van der Waals surface area contributed by atoms with E-state index in [9.17, 15) is 4.79 Å². The minimum Gasteiger partial charge on any atom is -0.267 e. The number of hydrazone groups is 1. The average molecular weight is 473 g/mol. The molecule has 0 atom stereocenters. The number of fused-ring (bicyclic) bond motifs is 1. The second kappa shape index (κ2) is 9.06. The van der Waals surface area contributed by atoms with Crippen LogP contribution >= 0.6 is 34.8 Å². The van der Waals surface area contributed by atoms with Crippen molar-refractivity contribution in [3.63, 3.8) is 0 Å². The molecular formula is C22H16Cl3N5O. The van der Waals surface area contributed by atoms with Gasteiger partial charge in [0.2, 0.25) is 0 Å². The van der Waals surface area contributed by atoms with E-state index in [1.165, 1.54) is 6.21 Å². The second-order valence-corrected chi connectivity index (χ2v) is 8.10. The topological polar surface area (TPSA) is 72.2 Å². The largest absolute Gasteiger partial charge is 0.291 e. The van der Waals surface area contributed by atoms with E-state index in [0.717, 1.165) is 22.0 Å². The summed E-state index contributed by atoms with van der Waals surface area (Å²) in [6.45, 7) is 2.40. The number of carbonyl (C=O) groups excluding carboxylic acids is 1. The summed E-state index contributed by atoms with van der Waals surface area (Å²) in [5.41, 5.74) is 6.02. The number of nitrogens with zero attached hydrogens (tertiary/aromatic N) is 4. The molecular weight excluding hydrogens is 457 g/mol. The minimum atomic E-state index is -0.447. The maximum Gasteiger partial charge on any atom is 0.291 e. The number of aromatic nitrogens is 3. The fourth-order valence-corrected chi connectivity index (χ4v) is 3.64. The first-order valence-electron chi connectivity index (χ1n) is 9.27. The van der Waals surface area contributed by atoms with Crippen molar-refractivity contribution in [1.29, 1.82) is 0 Å². The lowest BCUT2D eigenvalue weighted by molar-refractivity contribution is 0.0949. The number of rotatable bonds is 5. The number of aryl methyl sites for hydroxylation is 1. The smallest absolute Gasteiger partial charge is 0.267 e. The normalized spacial score (nSPS) is 11.4. The van der Waals surface area contributed by atoms with Gasteiger partial charge in [-0.3, -0.25) is 9.48 Å². The molecule has 0 aliphatic heterocycles. The van der Waals surface area contributed by atoms with E-state index in [2.05, 4.69) is 20.6 Å². The van der Waals surface area contributed by atoms with Gasteiger partial charge in [0.05, 0.1) is 18.3 Å². The Morgan fingerprint density at radius 1 is 1.13 bits per heavy atom. The molecule has 0 bridgehead atoms. The average Bonchev–Trinajstić information content (AvgIpc) is 3.19. The van der Waals surface area contributed by atoms with Gasteiger partial charge in [-0.05, 0) is 48.4 Å². The van der Waals surface area contributed by atoms with E-state index in [1.54, 1.807) is 29.1 Å². The molecule has 1 amide bonds. The number of amides is 1. The van der Waals surface area contributed by atoms with Gasteiger partial charge in [0.25, 0.3) is 5.91 Å². The highest BCUT2D eigenvalue weighted by Crippen LogP contribution is 2.22.